The van der Waals surface area contributed by atoms with Gasteiger partial charge in [0.05, 0.1) is 12.2 Å². The number of ether oxygens (including phenoxy) is 1. The number of thiazole rings is 1. The molecule has 0 radical (unpaired) electrons. The highest BCUT2D eigenvalue weighted by molar-refractivity contribution is 7.15. The summed E-state index contributed by atoms with van der Waals surface area (Å²) in [6, 6.07) is 0. The molecule has 136 valence electrons. The van der Waals surface area contributed by atoms with Gasteiger partial charge in [-0.3, -0.25) is 9.20 Å². The van der Waals surface area contributed by atoms with Gasteiger partial charge >= 0.3 is 6.09 Å². The number of hydrogen-bond donors (Lipinski definition) is 1. The maximum Gasteiger partial charge on any atom is 0.410 e. The van der Waals surface area contributed by atoms with Crippen LogP contribution in [0, 0.1) is 5.92 Å². The van der Waals surface area contributed by atoms with Crippen LogP contribution in [0.25, 0.3) is 4.96 Å². The first-order chi connectivity index (χ1) is 11.8. The van der Waals surface area contributed by atoms with E-state index in [1.165, 1.54) is 0 Å². The van der Waals surface area contributed by atoms with Crippen LogP contribution >= 0.6 is 11.3 Å². The molecule has 0 aliphatic carbocycles. The van der Waals surface area contributed by atoms with Crippen LogP contribution in [0.3, 0.4) is 0 Å². The second-order valence-corrected chi connectivity index (χ2v) is 8.16. The van der Waals surface area contributed by atoms with Crippen LogP contribution in [0.4, 0.5) is 4.79 Å². The molecule has 2 amide bonds. The topological polar surface area (TPSA) is 75.9 Å². The number of hydrogen-bond acceptors (Lipinski definition) is 5. The lowest BCUT2D eigenvalue weighted by Crippen LogP contribution is -2.44. The van der Waals surface area contributed by atoms with Crippen molar-refractivity contribution in [3.05, 3.63) is 23.5 Å². The van der Waals surface area contributed by atoms with Gasteiger partial charge in [-0.15, -0.1) is 11.3 Å². The van der Waals surface area contributed by atoms with Crippen molar-refractivity contribution in [1.82, 2.24) is 19.6 Å². The minimum Gasteiger partial charge on any atom is -0.444 e. The van der Waals surface area contributed by atoms with Gasteiger partial charge in [0, 0.05) is 36.8 Å². The molecule has 2 aromatic heterocycles. The number of nitrogens with zero attached hydrogens (tertiary/aromatic N) is 3. The number of carbonyl (C=O) groups is 2. The van der Waals surface area contributed by atoms with Gasteiger partial charge < -0.3 is 15.0 Å². The van der Waals surface area contributed by atoms with E-state index in [2.05, 4.69) is 10.3 Å². The molecule has 1 aliphatic rings. The SMILES string of the molecule is CC(C)(C)OC(=O)N1CCC(C(=O)NCc2cn3ccsc3n2)CC1. The van der Waals surface area contributed by atoms with Crippen molar-refractivity contribution >= 4 is 28.3 Å². The molecule has 0 saturated carbocycles. The van der Waals surface area contributed by atoms with E-state index in [1.807, 2.05) is 42.9 Å². The first-order valence-corrected chi connectivity index (χ1v) is 9.36. The lowest BCUT2D eigenvalue weighted by atomic mass is 9.96. The summed E-state index contributed by atoms with van der Waals surface area (Å²) in [5.74, 6) is -0.0392. The van der Waals surface area contributed by atoms with Gasteiger partial charge in [0.15, 0.2) is 4.96 Å². The molecule has 1 aliphatic heterocycles. The molecule has 0 unspecified atom stereocenters. The number of carbonyl (C=O) groups excluding carboxylic acids is 2. The van der Waals surface area contributed by atoms with Crippen molar-refractivity contribution in [3.8, 4) is 0 Å². The van der Waals surface area contributed by atoms with Crippen LogP contribution in [0.1, 0.15) is 39.3 Å². The number of nitrogens with one attached hydrogen (secondary N) is 1. The Morgan fingerprint density at radius 1 is 1.36 bits per heavy atom. The van der Waals surface area contributed by atoms with Crippen molar-refractivity contribution in [2.75, 3.05) is 13.1 Å². The third-order valence-electron chi connectivity index (χ3n) is 4.10. The fourth-order valence-electron chi connectivity index (χ4n) is 2.83. The molecule has 1 saturated heterocycles. The maximum absolute atomic E-state index is 12.4. The Balaban J connectivity index is 1.45. The van der Waals surface area contributed by atoms with Gasteiger partial charge in [0.1, 0.15) is 5.60 Å². The van der Waals surface area contributed by atoms with E-state index in [0.29, 0.717) is 32.5 Å². The van der Waals surface area contributed by atoms with Crippen molar-refractivity contribution in [2.24, 2.45) is 5.92 Å². The predicted octanol–water partition coefficient (Wildman–Crippen LogP) is 2.66. The molecule has 1 fully saturated rings. The Kier molecular flexibility index (Phi) is 4.99. The zero-order valence-corrected chi connectivity index (χ0v) is 15.6. The number of amides is 2. The van der Waals surface area contributed by atoms with Crippen LogP contribution in [-0.2, 0) is 16.1 Å². The smallest absolute Gasteiger partial charge is 0.410 e. The second-order valence-electron chi connectivity index (χ2n) is 7.28. The number of fused-ring (bicyclic) bond motifs is 1. The molecule has 0 spiro atoms. The first-order valence-electron chi connectivity index (χ1n) is 8.48. The van der Waals surface area contributed by atoms with Crippen LogP contribution < -0.4 is 5.32 Å². The van der Waals surface area contributed by atoms with Crippen LogP contribution in [0.5, 0.6) is 0 Å². The number of piperidine rings is 1. The fraction of sp³-hybridized carbons (Fsp3) is 0.588. The second kappa shape index (κ2) is 7.03. The van der Waals surface area contributed by atoms with Gasteiger partial charge in [0.25, 0.3) is 0 Å². The van der Waals surface area contributed by atoms with E-state index < -0.39 is 5.60 Å². The number of likely N-dealkylation sites (tertiary alicyclic amines) is 1. The van der Waals surface area contributed by atoms with Crippen molar-refractivity contribution in [2.45, 2.75) is 45.8 Å². The normalized spacial score (nSPS) is 16.2. The average Bonchev–Trinajstić information content (AvgIpc) is 3.12. The summed E-state index contributed by atoms with van der Waals surface area (Å²) in [4.78, 5) is 31.5. The molecule has 3 rings (SSSR count). The summed E-state index contributed by atoms with van der Waals surface area (Å²) >= 11 is 1.57. The summed E-state index contributed by atoms with van der Waals surface area (Å²) in [6.45, 7) is 7.08. The quantitative estimate of drug-likeness (QED) is 0.908. The zero-order chi connectivity index (χ0) is 18.0. The lowest BCUT2D eigenvalue weighted by Gasteiger charge is -2.32. The van der Waals surface area contributed by atoms with Crippen LogP contribution in [-0.4, -0.2) is 45.0 Å². The zero-order valence-electron chi connectivity index (χ0n) is 14.8. The van der Waals surface area contributed by atoms with E-state index in [-0.39, 0.29) is 17.9 Å². The molecule has 1 N–H and O–H groups in total. The Morgan fingerprint density at radius 2 is 2.08 bits per heavy atom. The van der Waals surface area contributed by atoms with E-state index in [0.717, 1.165) is 10.7 Å². The van der Waals surface area contributed by atoms with Gasteiger partial charge in [0.2, 0.25) is 5.91 Å². The summed E-state index contributed by atoms with van der Waals surface area (Å²) in [5, 5.41) is 4.93. The van der Waals surface area contributed by atoms with Crippen molar-refractivity contribution in [1.29, 1.82) is 0 Å². The standard InChI is InChI=1S/C17H24N4O3S/c1-17(2,3)24-16(23)20-6-4-12(5-7-20)14(22)18-10-13-11-21-8-9-25-15(21)19-13/h8-9,11-12H,4-7,10H2,1-3H3,(H,18,22). The Bertz CT molecular complexity index is 725. The number of aromatic nitrogens is 2. The molecule has 0 bridgehead atoms. The molecular weight excluding hydrogens is 340 g/mol. The fourth-order valence-corrected chi connectivity index (χ4v) is 3.55. The minimum absolute atomic E-state index is 0.0280. The lowest BCUT2D eigenvalue weighted by molar-refractivity contribution is -0.126. The largest absolute Gasteiger partial charge is 0.444 e. The van der Waals surface area contributed by atoms with Gasteiger partial charge in [-0.05, 0) is 33.6 Å². The minimum atomic E-state index is -0.496. The van der Waals surface area contributed by atoms with E-state index in [1.54, 1.807) is 16.2 Å². The Labute approximate surface area is 151 Å². The first kappa shape index (κ1) is 17.7. The van der Waals surface area contributed by atoms with Gasteiger partial charge in [-0.2, -0.15) is 0 Å². The van der Waals surface area contributed by atoms with Crippen molar-refractivity contribution < 1.29 is 14.3 Å². The molecule has 3 heterocycles. The molecule has 25 heavy (non-hydrogen) atoms. The summed E-state index contributed by atoms with van der Waals surface area (Å²) in [7, 11) is 0. The summed E-state index contributed by atoms with van der Waals surface area (Å²) in [6.07, 6.45) is 4.89. The van der Waals surface area contributed by atoms with Crippen molar-refractivity contribution in [3.63, 3.8) is 0 Å². The van der Waals surface area contributed by atoms with E-state index in [4.69, 9.17) is 4.74 Å². The molecule has 0 atom stereocenters. The Hall–Kier alpha value is -2.09. The van der Waals surface area contributed by atoms with Crippen LogP contribution in [0.15, 0.2) is 17.8 Å². The number of rotatable bonds is 3. The maximum atomic E-state index is 12.4. The summed E-state index contributed by atoms with van der Waals surface area (Å²) < 4.78 is 7.33. The molecular formula is C17H24N4O3S. The highest BCUT2D eigenvalue weighted by atomic mass is 32.1. The summed E-state index contributed by atoms with van der Waals surface area (Å²) in [5.41, 5.74) is 0.357. The highest BCUT2D eigenvalue weighted by Crippen LogP contribution is 2.20. The Morgan fingerprint density at radius 3 is 2.72 bits per heavy atom. The monoisotopic (exact) mass is 364 g/mol. The molecule has 2 aromatic rings. The number of imidazole rings is 1. The predicted molar refractivity (Wildman–Crippen MR) is 95.4 cm³/mol. The molecule has 0 aromatic carbocycles. The van der Waals surface area contributed by atoms with Crippen LogP contribution in [0.2, 0.25) is 0 Å². The third-order valence-corrected chi connectivity index (χ3v) is 4.88. The van der Waals surface area contributed by atoms with E-state index >= 15 is 0 Å². The molecule has 7 nitrogen and oxygen atoms in total. The molecule has 8 heteroatoms. The van der Waals surface area contributed by atoms with E-state index in [9.17, 15) is 9.59 Å². The van der Waals surface area contributed by atoms with Gasteiger partial charge in [-0.1, -0.05) is 0 Å². The van der Waals surface area contributed by atoms with Gasteiger partial charge in [-0.25, -0.2) is 9.78 Å². The average molecular weight is 364 g/mol. The third kappa shape index (κ3) is 4.50. The highest BCUT2D eigenvalue weighted by Gasteiger charge is 2.29.